The first-order valence-electron chi connectivity index (χ1n) is 11.2. The van der Waals surface area contributed by atoms with Gasteiger partial charge in [-0.2, -0.15) is 37.9 Å². The number of hydrogen-bond donors (Lipinski definition) is 3. The number of carbonyl (C=O) groups is 2. The minimum Gasteiger partial charge on any atom is -0.464 e. The minimum absolute atomic E-state index is 0.0482. The van der Waals surface area contributed by atoms with Crippen molar-refractivity contribution in [3.8, 4) is 0 Å². The van der Waals surface area contributed by atoms with Gasteiger partial charge in [-0.1, -0.05) is 13.8 Å². The van der Waals surface area contributed by atoms with Gasteiger partial charge in [-0.25, -0.2) is 37.9 Å². The predicted molar refractivity (Wildman–Crippen MR) is 142 cm³/mol. The molecule has 12 nitrogen and oxygen atoms in total. The van der Waals surface area contributed by atoms with E-state index in [4.69, 9.17) is 14.4 Å². The summed E-state index contributed by atoms with van der Waals surface area (Å²) in [5.41, 5.74) is -2.75. The molecule has 0 aromatic carbocycles. The zero-order valence-corrected chi connectivity index (χ0v) is 23.7. The smallest absolute Gasteiger partial charge is 0.336 e. The molecule has 0 aliphatic carbocycles. The summed E-state index contributed by atoms with van der Waals surface area (Å²) in [4.78, 5) is 72.8. The van der Waals surface area contributed by atoms with Crippen molar-refractivity contribution >= 4 is 49.8 Å². The summed E-state index contributed by atoms with van der Waals surface area (Å²) in [5.74, 6) is -1.09. The molecule has 0 spiro atoms. The highest BCUT2D eigenvalue weighted by atomic mass is 32.1. The SMILES string of the molecule is COOCC(C)(S)C(C)n1c(=O)n(CCOC(=O)CC(C)S)c(=O)n(CCOC(=O)CC(C)S)c1=O. The zero-order chi connectivity index (χ0) is 27.6. The lowest BCUT2D eigenvalue weighted by Gasteiger charge is -2.31. The van der Waals surface area contributed by atoms with Crippen LogP contribution >= 0.6 is 37.9 Å². The third-order valence-electron chi connectivity index (χ3n) is 5.17. The van der Waals surface area contributed by atoms with E-state index in [1.807, 2.05) is 0 Å². The van der Waals surface area contributed by atoms with Crippen molar-refractivity contribution in [3.63, 3.8) is 0 Å². The number of nitrogens with zero attached hydrogens (tertiary/aromatic N) is 3. The molecule has 0 N–H and O–H groups in total. The Morgan fingerprint density at radius 3 is 1.64 bits per heavy atom. The fraction of sp³-hybridized carbons (Fsp3) is 0.762. The van der Waals surface area contributed by atoms with E-state index in [0.717, 1.165) is 13.7 Å². The van der Waals surface area contributed by atoms with E-state index in [-0.39, 0.29) is 56.3 Å². The van der Waals surface area contributed by atoms with Crippen LogP contribution in [0.5, 0.6) is 0 Å². The number of esters is 2. The van der Waals surface area contributed by atoms with E-state index in [1.54, 1.807) is 27.7 Å². The third-order valence-corrected chi connectivity index (χ3v) is 6.04. The van der Waals surface area contributed by atoms with Gasteiger partial charge in [0, 0.05) is 10.5 Å². The molecular formula is C21H35N3O9S3. The molecule has 0 amide bonds. The van der Waals surface area contributed by atoms with Gasteiger partial charge in [0.15, 0.2) is 0 Å². The normalized spacial score (nSPS) is 15.6. The fourth-order valence-corrected chi connectivity index (χ4v) is 3.51. The molecule has 0 saturated heterocycles. The molecule has 0 bridgehead atoms. The number of aromatic nitrogens is 3. The Hall–Kier alpha value is -1.68. The lowest BCUT2D eigenvalue weighted by atomic mass is 10.0. The largest absolute Gasteiger partial charge is 0.464 e. The van der Waals surface area contributed by atoms with E-state index in [0.29, 0.717) is 0 Å². The molecule has 4 atom stereocenters. The highest BCUT2D eigenvalue weighted by molar-refractivity contribution is 7.82. The van der Waals surface area contributed by atoms with Gasteiger partial charge in [-0.15, -0.1) is 0 Å². The number of hydrogen-bond acceptors (Lipinski definition) is 12. The average molecular weight is 570 g/mol. The highest BCUT2D eigenvalue weighted by Crippen LogP contribution is 2.27. The van der Waals surface area contributed by atoms with Crippen molar-refractivity contribution in [1.29, 1.82) is 0 Å². The van der Waals surface area contributed by atoms with Gasteiger partial charge in [0.2, 0.25) is 0 Å². The number of rotatable bonds is 15. The first-order chi connectivity index (χ1) is 16.7. The van der Waals surface area contributed by atoms with Crippen LogP contribution in [0, 0.1) is 0 Å². The summed E-state index contributed by atoms with van der Waals surface area (Å²) in [6.45, 7) is 5.40. The van der Waals surface area contributed by atoms with Crippen LogP contribution < -0.4 is 17.1 Å². The monoisotopic (exact) mass is 569 g/mol. The number of carbonyl (C=O) groups excluding carboxylic acids is 2. The summed E-state index contributed by atoms with van der Waals surface area (Å²) in [6.07, 6.45) is 0.0963. The summed E-state index contributed by atoms with van der Waals surface area (Å²) in [6, 6.07) is -0.866. The van der Waals surface area contributed by atoms with Crippen molar-refractivity contribution in [2.75, 3.05) is 26.9 Å². The van der Waals surface area contributed by atoms with E-state index < -0.39 is 39.8 Å². The third kappa shape index (κ3) is 9.65. The Balaban J connectivity index is 3.38. The van der Waals surface area contributed by atoms with Crippen LogP contribution in [0.4, 0.5) is 0 Å². The quantitative estimate of drug-likeness (QED) is 0.119. The van der Waals surface area contributed by atoms with Crippen molar-refractivity contribution in [2.45, 2.75) is 74.9 Å². The molecule has 1 heterocycles. The number of ether oxygens (including phenoxy) is 2. The summed E-state index contributed by atoms with van der Waals surface area (Å²) in [5, 5.41) is -0.452. The van der Waals surface area contributed by atoms with E-state index >= 15 is 0 Å². The second-order valence-electron chi connectivity index (χ2n) is 8.53. The Morgan fingerprint density at radius 2 is 1.28 bits per heavy atom. The van der Waals surface area contributed by atoms with E-state index in [1.165, 1.54) is 7.11 Å². The zero-order valence-electron chi connectivity index (χ0n) is 21.0. The molecular weight excluding hydrogens is 534 g/mol. The van der Waals surface area contributed by atoms with Gasteiger partial charge in [0.25, 0.3) is 0 Å². The maximum absolute atomic E-state index is 13.2. The molecule has 4 unspecified atom stereocenters. The first kappa shape index (κ1) is 32.3. The van der Waals surface area contributed by atoms with E-state index in [9.17, 15) is 24.0 Å². The van der Waals surface area contributed by atoms with Crippen molar-refractivity contribution in [3.05, 3.63) is 31.5 Å². The van der Waals surface area contributed by atoms with Crippen LogP contribution in [0.1, 0.15) is 46.6 Å². The Morgan fingerprint density at radius 1 is 0.861 bits per heavy atom. The van der Waals surface area contributed by atoms with Crippen LogP contribution in [0.15, 0.2) is 14.4 Å². The van der Waals surface area contributed by atoms with Crippen LogP contribution in [0.25, 0.3) is 0 Å². The molecule has 0 aliphatic rings. The molecule has 1 aromatic rings. The van der Waals surface area contributed by atoms with E-state index in [2.05, 4.69) is 42.8 Å². The topological polar surface area (TPSA) is 137 Å². The van der Waals surface area contributed by atoms with Gasteiger partial charge in [-0.05, 0) is 13.8 Å². The average Bonchev–Trinajstić information content (AvgIpc) is 2.75. The molecule has 36 heavy (non-hydrogen) atoms. The maximum atomic E-state index is 13.2. The lowest BCUT2D eigenvalue weighted by Crippen LogP contribution is -2.58. The molecule has 206 valence electrons. The second kappa shape index (κ2) is 14.9. The van der Waals surface area contributed by atoms with Crippen LogP contribution in [0.3, 0.4) is 0 Å². The van der Waals surface area contributed by atoms with Gasteiger partial charge in [-0.3, -0.25) is 9.59 Å². The predicted octanol–water partition coefficient (Wildman–Crippen LogP) is 0.502. The Labute approximate surface area is 225 Å². The van der Waals surface area contributed by atoms with Crippen LogP contribution in [-0.4, -0.2) is 67.8 Å². The summed E-state index contributed by atoms with van der Waals surface area (Å²) in [7, 11) is 1.30. The number of thiol groups is 3. The minimum atomic E-state index is -1.07. The summed E-state index contributed by atoms with van der Waals surface area (Å²) >= 11 is 12.8. The lowest BCUT2D eigenvalue weighted by molar-refractivity contribution is -0.277. The molecule has 0 saturated carbocycles. The molecule has 1 aromatic heterocycles. The fourth-order valence-electron chi connectivity index (χ4n) is 3.04. The van der Waals surface area contributed by atoms with Gasteiger partial charge < -0.3 is 9.47 Å². The molecule has 1 rings (SSSR count). The highest BCUT2D eigenvalue weighted by Gasteiger charge is 2.33. The Bertz CT molecular complexity index is 997. The standard InChI is InChI=1S/C21H35N3O9S3/c1-13(34)10-16(25)31-8-6-22-18(27)23(7-9-32-17(26)11-14(2)35)20(29)24(19(22)28)15(3)21(4,36)12-33-30-5/h13-15,34-36H,6-12H2,1-5H3. The van der Waals surface area contributed by atoms with Crippen LogP contribution in [0.2, 0.25) is 0 Å². The summed E-state index contributed by atoms with van der Waals surface area (Å²) < 4.78 is 11.6. The van der Waals surface area contributed by atoms with Crippen molar-refractivity contribution in [1.82, 2.24) is 13.7 Å². The van der Waals surface area contributed by atoms with Gasteiger partial charge >= 0.3 is 29.0 Å². The van der Waals surface area contributed by atoms with Gasteiger partial charge in [0.1, 0.15) is 13.2 Å². The van der Waals surface area contributed by atoms with Crippen LogP contribution in [-0.2, 0) is 41.9 Å². The van der Waals surface area contributed by atoms with Crippen molar-refractivity contribution < 1.29 is 28.8 Å². The molecule has 0 radical (unpaired) electrons. The molecule has 0 aliphatic heterocycles. The second-order valence-corrected chi connectivity index (χ2v) is 11.3. The Kier molecular flexibility index (Phi) is 13.4. The first-order valence-corrected chi connectivity index (χ1v) is 12.7. The molecule has 0 fully saturated rings. The van der Waals surface area contributed by atoms with Crippen molar-refractivity contribution in [2.24, 2.45) is 0 Å². The molecule has 15 heteroatoms. The maximum Gasteiger partial charge on any atom is 0.336 e. The van der Waals surface area contributed by atoms with Gasteiger partial charge in [0.05, 0.1) is 50.4 Å².